The molecule has 1 saturated heterocycles. The van der Waals surface area contributed by atoms with Gasteiger partial charge in [-0.25, -0.2) is 0 Å². The van der Waals surface area contributed by atoms with Crippen LogP contribution in [0.25, 0.3) is 0 Å². The highest BCUT2D eigenvalue weighted by molar-refractivity contribution is 6.02. The number of ether oxygens (including phenoxy) is 2. The van der Waals surface area contributed by atoms with Gasteiger partial charge in [0.15, 0.2) is 5.78 Å². The van der Waals surface area contributed by atoms with Gasteiger partial charge in [-0.1, -0.05) is 12.1 Å². The first-order chi connectivity index (χ1) is 8.15. The normalized spacial score (nSPS) is 23.6. The fourth-order valence-electron chi connectivity index (χ4n) is 2.16. The Balaban J connectivity index is 2.21. The Morgan fingerprint density at radius 3 is 3.00 bits per heavy atom. The first kappa shape index (κ1) is 12.1. The topological polar surface area (TPSA) is 35.5 Å². The molecule has 1 aromatic rings. The molecule has 92 valence electrons. The van der Waals surface area contributed by atoms with Gasteiger partial charge in [-0.05, 0) is 38.8 Å². The molecule has 0 aliphatic carbocycles. The second-order valence-electron chi connectivity index (χ2n) is 4.47. The van der Waals surface area contributed by atoms with Crippen LogP contribution in [0.2, 0.25) is 0 Å². The molecule has 2 rings (SSSR count). The number of benzene rings is 1. The summed E-state index contributed by atoms with van der Waals surface area (Å²) < 4.78 is 11.0. The molecule has 3 nitrogen and oxygen atoms in total. The molecular formula is C14H18O3. The quantitative estimate of drug-likeness (QED) is 0.751. The highest BCUT2D eigenvalue weighted by Crippen LogP contribution is 2.29. The monoisotopic (exact) mass is 234 g/mol. The van der Waals surface area contributed by atoms with Crippen molar-refractivity contribution >= 4 is 5.78 Å². The number of ketones is 1. The molecule has 0 bridgehead atoms. The van der Waals surface area contributed by atoms with Crippen molar-refractivity contribution in [3.05, 3.63) is 29.8 Å². The zero-order valence-electron chi connectivity index (χ0n) is 10.4. The second-order valence-corrected chi connectivity index (χ2v) is 4.47. The lowest BCUT2D eigenvalue weighted by molar-refractivity contribution is 0.0213. The van der Waals surface area contributed by atoms with E-state index >= 15 is 0 Å². The van der Waals surface area contributed by atoms with Crippen molar-refractivity contribution in [2.24, 2.45) is 0 Å². The van der Waals surface area contributed by atoms with Crippen LogP contribution in [0.1, 0.15) is 37.0 Å². The summed E-state index contributed by atoms with van der Waals surface area (Å²) in [4.78, 5) is 12.3. The lowest BCUT2D eigenvalue weighted by Crippen LogP contribution is -2.34. The Morgan fingerprint density at radius 2 is 2.35 bits per heavy atom. The largest absolute Gasteiger partial charge is 0.494 e. The number of carbonyl (C=O) groups excluding carboxylic acids is 1. The second kappa shape index (κ2) is 4.88. The molecule has 1 aliphatic rings. The van der Waals surface area contributed by atoms with E-state index in [4.69, 9.17) is 9.47 Å². The van der Waals surface area contributed by atoms with Crippen molar-refractivity contribution < 1.29 is 14.3 Å². The van der Waals surface area contributed by atoms with Gasteiger partial charge in [0.1, 0.15) is 11.4 Å². The third-order valence-corrected chi connectivity index (χ3v) is 3.11. The molecule has 1 aromatic carbocycles. The molecule has 1 unspecified atom stereocenters. The van der Waals surface area contributed by atoms with E-state index in [2.05, 4.69) is 0 Å². The zero-order chi connectivity index (χ0) is 12.3. The molecule has 1 atom stereocenters. The average Bonchev–Trinajstić information content (AvgIpc) is 2.77. The van der Waals surface area contributed by atoms with Crippen molar-refractivity contribution in [2.75, 3.05) is 13.2 Å². The Labute approximate surface area is 102 Å². The Morgan fingerprint density at radius 1 is 1.53 bits per heavy atom. The smallest absolute Gasteiger partial charge is 0.194 e. The van der Waals surface area contributed by atoms with E-state index in [9.17, 15) is 4.79 Å². The summed E-state index contributed by atoms with van der Waals surface area (Å²) in [6.45, 7) is 5.07. The van der Waals surface area contributed by atoms with E-state index in [1.165, 1.54) is 0 Å². The molecule has 3 heteroatoms. The lowest BCUT2D eigenvalue weighted by Gasteiger charge is -2.21. The Bertz CT molecular complexity index is 406. The summed E-state index contributed by atoms with van der Waals surface area (Å²) in [6.07, 6.45) is 1.75. The zero-order valence-corrected chi connectivity index (χ0v) is 10.4. The summed E-state index contributed by atoms with van der Waals surface area (Å²) in [7, 11) is 0. The third-order valence-electron chi connectivity index (χ3n) is 3.11. The molecule has 0 saturated carbocycles. The predicted octanol–water partition coefficient (Wildman–Crippen LogP) is 2.84. The number of rotatable bonds is 4. The van der Waals surface area contributed by atoms with E-state index in [0.29, 0.717) is 18.8 Å². The summed E-state index contributed by atoms with van der Waals surface area (Å²) in [5.41, 5.74) is 0.0190. The molecule has 0 N–H and O–H groups in total. The van der Waals surface area contributed by atoms with E-state index in [-0.39, 0.29) is 5.78 Å². The summed E-state index contributed by atoms with van der Waals surface area (Å²) in [5.74, 6) is 0.788. The van der Waals surface area contributed by atoms with Gasteiger partial charge in [0.25, 0.3) is 0 Å². The summed E-state index contributed by atoms with van der Waals surface area (Å²) in [6, 6.07) is 7.31. The number of carbonyl (C=O) groups is 1. The van der Waals surface area contributed by atoms with Crippen LogP contribution in [-0.2, 0) is 4.74 Å². The van der Waals surface area contributed by atoms with Crippen LogP contribution in [0.15, 0.2) is 24.3 Å². The molecule has 0 spiro atoms. The maximum Gasteiger partial charge on any atom is 0.194 e. The summed E-state index contributed by atoms with van der Waals surface area (Å²) >= 11 is 0. The molecular weight excluding hydrogens is 216 g/mol. The van der Waals surface area contributed by atoms with Gasteiger partial charge in [-0.2, -0.15) is 0 Å². The molecule has 17 heavy (non-hydrogen) atoms. The average molecular weight is 234 g/mol. The van der Waals surface area contributed by atoms with Gasteiger partial charge in [0, 0.05) is 12.2 Å². The molecule has 1 heterocycles. The minimum Gasteiger partial charge on any atom is -0.494 e. The van der Waals surface area contributed by atoms with Crippen molar-refractivity contribution in [3.63, 3.8) is 0 Å². The molecule has 0 aromatic heterocycles. The first-order valence-electron chi connectivity index (χ1n) is 6.07. The van der Waals surface area contributed by atoms with E-state index in [0.717, 1.165) is 18.6 Å². The van der Waals surface area contributed by atoms with Crippen molar-refractivity contribution in [3.8, 4) is 5.75 Å². The molecule has 0 amide bonds. The van der Waals surface area contributed by atoms with Gasteiger partial charge in [0.05, 0.1) is 6.61 Å². The SMILES string of the molecule is CCOc1cccc(C(=O)C2(C)CCCO2)c1. The standard InChI is InChI=1S/C14H18O3/c1-3-16-12-7-4-6-11(10-12)13(15)14(2)8-5-9-17-14/h4,6-7,10H,3,5,8-9H2,1-2H3. The van der Waals surface area contributed by atoms with Gasteiger partial charge < -0.3 is 9.47 Å². The maximum absolute atomic E-state index is 12.3. The maximum atomic E-state index is 12.3. The van der Waals surface area contributed by atoms with Crippen LogP contribution in [-0.4, -0.2) is 24.6 Å². The van der Waals surface area contributed by atoms with Crippen LogP contribution in [0.4, 0.5) is 0 Å². The Kier molecular flexibility index (Phi) is 3.48. The number of hydrogen-bond donors (Lipinski definition) is 0. The van der Waals surface area contributed by atoms with E-state index in [1.54, 1.807) is 6.07 Å². The van der Waals surface area contributed by atoms with E-state index in [1.807, 2.05) is 32.0 Å². The van der Waals surface area contributed by atoms with Gasteiger partial charge >= 0.3 is 0 Å². The highest BCUT2D eigenvalue weighted by Gasteiger charge is 2.38. The number of hydrogen-bond acceptors (Lipinski definition) is 3. The van der Waals surface area contributed by atoms with Crippen molar-refractivity contribution in [1.82, 2.24) is 0 Å². The van der Waals surface area contributed by atoms with Crippen LogP contribution in [0.5, 0.6) is 5.75 Å². The van der Waals surface area contributed by atoms with Gasteiger partial charge in [-0.15, -0.1) is 0 Å². The van der Waals surface area contributed by atoms with Gasteiger partial charge in [0.2, 0.25) is 0 Å². The van der Waals surface area contributed by atoms with E-state index < -0.39 is 5.60 Å². The highest BCUT2D eigenvalue weighted by atomic mass is 16.5. The Hall–Kier alpha value is -1.35. The first-order valence-corrected chi connectivity index (χ1v) is 6.07. The van der Waals surface area contributed by atoms with Crippen LogP contribution in [0, 0.1) is 0 Å². The fourth-order valence-corrected chi connectivity index (χ4v) is 2.16. The minimum atomic E-state index is -0.648. The molecule has 1 fully saturated rings. The van der Waals surface area contributed by atoms with Crippen LogP contribution in [0.3, 0.4) is 0 Å². The lowest BCUT2D eigenvalue weighted by atomic mass is 9.92. The van der Waals surface area contributed by atoms with Gasteiger partial charge in [-0.3, -0.25) is 4.79 Å². The summed E-state index contributed by atoms with van der Waals surface area (Å²) in [5, 5.41) is 0. The van der Waals surface area contributed by atoms with Crippen LogP contribution >= 0.6 is 0 Å². The molecule has 1 aliphatic heterocycles. The third kappa shape index (κ3) is 2.50. The molecule has 0 radical (unpaired) electrons. The fraction of sp³-hybridized carbons (Fsp3) is 0.500. The van der Waals surface area contributed by atoms with Crippen LogP contribution < -0.4 is 4.74 Å². The predicted molar refractivity (Wildman–Crippen MR) is 65.5 cm³/mol. The van der Waals surface area contributed by atoms with Crippen molar-refractivity contribution in [2.45, 2.75) is 32.3 Å². The van der Waals surface area contributed by atoms with Crippen molar-refractivity contribution in [1.29, 1.82) is 0 Å². The minimum absolute atomic E-state index is 0.0524. The number of Topliss-reactive ketones (excluding diaryl/α,β-unsaturated/α-hetero) is 1.